The number of hydrogen-bond donors (Lipinski definition) is 2. The highest BCUT2D eigenvalue weighted by atomic mass is 19.1. The number of ether oxygens (including phenoxy) is 1. The monoisotopic (exact) mass is 674 g/mol. The number of aryl methyl sites for hydroxylation is 2. The summed E-state index contributed by atoms with van der Waals surface area (Å²) in [5.74, 6) is -0.123. The summed E-state index contributed by atoms with van der Waals surface area (Å²) in [5.41, 5.74) is 5.01. The van der Waals surface area contributed by atoms with Crippen molar-refractivity contribution in [2.24, 2.45) is 0 Å². The predicted molar refractivity (Wildman–Crippen MR) is 194 cm³/mol. The van der Waals surface area contributed by atoms with Gasteiger partial charge in [0.15, 0.2) is 6.29 Å². The van der Waals surface area contributed by atoms with Gasteiger partial charge in [-0.05, 0) is 106 Å². The Morgan fingerprint density at radius 1 is 0.837 bits per heavy atom. The van der Waals surface area contributed by atoms with Gasteiger partial charge in [-0.1, -0.05) is 61.7 Å². The van der Waals surface area contributed by atoms with Crippen LogP contribution in [0.4, 0.5) is 8.78 Å². The summed E-state index contributed by atoms with van der Waals surface area (Å²) in [6, 6.07) is 24.1. The molecule has 0 aliphatic heterocycles. The number of aromatic nitrogens is 1. The Hall–Kier alpha value is -4.47. The van der Waals surface area contributed by atoms with Crippen molar-refractivity contribution in [2.45, 2.75) is 64.5 Å². The number of carbonyl (C=O) groups is 2. The number of pyridine rings is 1. The van der Waals surface area contributed by atoms with Gasteiger partial charge in [-0.25, -0.2) is 8.78 Å². The van der Waals surface area contributed by atoms with Gasteiger partial charge in [0, 0.05) is 42.7 Å². The molecule has 1 aliphatic rings. The molecule has 0 saturated heterocycles. The van der Waals surface area contributed by atoms with Crippen LogP contribution in [0, 0.1) is 25.5 Å². The van der Waals surface area contributed by atoms with E-state index >= 15 is 0 Å². The van der Waals surface area contributed by atoms with Crippen LogP contribution in [0.15, 0.2) is 91.3 Å². The highest BCUT2D eigenvalue weighted by molar-refractivity contribution is 5.74. The summed E-state index contributed by atoms with van der Waals surface area (Å²) < 4.78 is 29.7. The van der Waals surface area contributed by atoms with Gasteiger partial charge in [0.05, 0.1) is 7.11 Å². The first-order valence-corrected chi connectivity index (χ1v) is 16.7. The van der Waals surface area contributed by atoms with E-state index in [1.165, 1.54) is 55.4 Å². The van der Waals surface area contributed by atoms with Gasteiger partial charge in [0.25, 0.3) is 0 Å². The lowest BCUT2D eigenvalue weighted by atomic mass is 9.76. The van der Waals surface area contributed by atoms with Crippen molar-refractivity contribution in [1.82, 2.24) is 20.5 Å². The number of methoxy groups -OCH3 is 1. The van der Waals surface area contributed by atoms with Crippen LogP contribution in [-0.4, -0.2) is 56.9 Å². The highest BCUT2D eigenvalue weighted by Crippen LogP contribution is 2.38. The number of nitrogens with one attached hydrogen (secondary N) is 2. The summed E-state index contributed by atoms with van der Waals surface area (Å²) in [7, 11) is 5.87. The van der Waals surface area contributed by atoms with E-state index in [0.717, 1.165) is 56.1 Å². The molecule has 1 aromatic heterocycles. The molecule has 264 valence electrons. The standard InChI is InChI=1S/C17H26N2O2.C9H13N.C7H6F2.C7H7NO/c1-21-16-8-5-7-15(13-16)17(9-3-2-4-10-17)19-12-6-11-18-14-20;1-10(2)8-9-6-4-3-5-7-9;1-5-2-6(8)4-7(9)3-5;1-6-2-7(5-9)4-8-3-6/h5,7-8,13-14,19H,2-4,6,9-12H2,1H3,(H,18,20);3-7H,8H2,1-2H3;2-4H,1H3;2-5H,1H3. The van der Waals surface area contributed by atoms with Crippen LogP contribution in [-0.2, 0) is 16.9 Å². The number of nitrogens with zero attached hydrogens (tertiary/aromatic N) is 2. The lowest BCUT2D eigenvalue weighted by molar-refractivity contribution is -0.109. The van der Waals surface area contributed by atoms with E-state index in [9.17, 15) is 18.4 Å². The number of aldehydes is 1. The van der Waals surface area contributed by atoms with Crippen molar-refractivity contribution in [3.8, 4) is 5.75 Å². The largest absolute Gasteiger partial charge is 0.497 e. The second-order valence-corrected chi connectivity index (χ2v) is 12.3. The third-order valence-electron chi connectivity index (χ3n) is 7.75. The zero-order valence-electron chi connectivity index (χ0n) is 29.6. The number of carbonyl (C=O) groups excluding carboxylic acids is 2. The van der Waals surface area contributed by atoms with Crippen molar-refractivity contribution >= 4 is 12.7 Å². The predicted octanol–water partition coefficient (Wildman–Crippen LogP) is 7.80. The zero-order valence-corrected chi connectivity index (χ0v) is 29.6. The number of amides is 1. The van der Waals surface area contributed by atoms with Gasteiger partial charge in [-0.3, -0.25) is 14.6 Å². The van der Waals surface area contributed by atoms with E-state index in [1.54, 1.807) is 32.5 Å². The molecule has 0 radical (unpaired) electrons. The second-order valence-electron chi connectivity index (χ2n) is 12.3. The smallest absolute Gasteiger partial charge is 0.207 e. The molecule has 9 heteroatoms. The van der Waals surface area contributed by atoms with Crippen molar-refractivity contribution in [1.29, 1.82) is 0 Å². The molecule has 0 atom stereocenters. The summed E-state index contributed by atoms with van der Waals surface area (Å²) in [6.45, 7) is 6.22. The summed E-state index contributed by atoms with van der Waals surface area (Å²) in [6.07, 6.45) is 11.9. The first-order chi connectivity index (χ1) is 23.6. The van der Waals surface area contributed by atoms with Gasteiger partial charge < -0.3 is 20.3 Å². The minimum atomic E-state index is -0.521. The summed E-state index contributed by atoms with van der Waals surface area (Å²) in [4.78, 5) is 26.4. The van der Waals surface area contributed by atoms with E-state index in [1.807, 2.05) is 19.1 Å². The number of hydrogen-bond acceptors (Lipinski definition) is 6. The molecule has 5 rings (SSSR count). The van der Waals surface area contributed by atoms with Crippen molar-refractivity contribution in [2.75, 3.05) is 34.3 Å². The Morgan fingerprint density at radius 2 is 1.53 bits per heavy atom. The third kappa shape index (κ3) is 16.5. The molecule has 1 saturated carbocycles. The molecule has 3 aromatic carbocycles. The second kappa shape index (κ2) is 23.0. The zero-order chi connectivity index (χ0) is 35.9. The molecule has 0 spiro atoms. The van der Waals surface area contributed by atoms with Crippen LogP contribution in [0.3, 0.4) is 0 Å². The van der Waals surface area contributed by atoms with Gasteiger partial charge in [-0.15, -0.1) is 0 Å². The maximum atomic E-state index is 12.2. The highest BCUT2D eigenvalue weighted by Gasteiger charge is 2.33. The molecule has 4 aromatic rings. The first-order valence-electron chi connectivity index (χ1n) is 16.7. The van der Waals surface area contributed by atoms with Crippen LogP contribution < -0.4 is 15.4 Å². The first kappa shape index (κ1) is 40.7. The van der Waals surface area contributed by atoms with E-state index in [0.29, 0.717) is 11.1 Å². The van der Waals surface area contributed by atoms with Gasteiger partial charge >= 0.3 is 0 Å². The van der Waals surface area contributed by atoms with Crippen molar-refractivity contribution in [3.63, 3.8) is 0 Å². The molecular formula is C40H52F2N4O3. The fraction of sp³-hybridized carbons (Fsp3) is 0.375. The molecular weight excluding hydrogens is 622 g/mol. The van der Waals surface area contributed by atoms with E-state index in [2.05, 4.69) is 77.1 Å². The van der Waals surface area contributed by atoms with E-state index < -0.39 is 11.6 Å². The topological polar surface area (TPSA) is 83.6 Å². The summed E-state index contributed by atoms with van der Waals surface area (Å²) in [5, 5.41) is 6.47. The normalized spacial score (nSPS) is 12.9. The number of rotatable bonds is 11. The van der Waals surface area contributed by atoms with Crippen LogP contribution in [0.5, 0.6) is 5.75 Å². The molecule has 1 aliphatic carbocycles. The van der Waals surface area contributed by atoms with Gasteiger partial charge in [0.2, 0.25) is 6.41 Å². The van der Waals surface area contributed by atoms with Crippen molar-refractivity contribution in [3.05, 3.63) is 131 Å². The molecule has 1 fully saturated rings. The number of benzene rings is 3. The van der Waals surface area contributed by atoms with Crippen LogP contribution in [0.2, 0.25) is 0 Å². The maximum absolute atomic E-state index is 12.2. The Balaban J connectivity index is 0.000000249. The van der Waals surface area contributed by atoms with E-state index in [4.69, 9.17) is 4.74 Å². The minimum absolute atomic E-state index is 0.0635. The Bertz CT molecular complexity index is 1460. The molecule has 1 amide bonds. The van der Waals surface area contributed by atoms with Crippen LogP contribution in [0.1, 0.15) is 71.1 Å². The molecule has 7 nitrogen and oxygen atoms in total. The quantitative estimate of drug-likeness (QED) is 0.125. The average Bonchev–Trinajstić information content (AvgIpc) is 3.09. The van der Waals surface area contributed by atoms with Gasteiger partial charge in [-0.2, -0.15) is 0 Å². The fourth-order valence-electron chi connectivity index (χ4n) is 5.50. The maximum Gasteiger partial charge on any atom is 0.207 e. The molecule has 0 bridgehead atoms. The third-order valence-corrected chi connectivity index (χ3v) is 7.75. The lowest BCUT2D eigenvalue weighted by Crippen LogP contribution is -2.44. The lowest BCUT2D eigenvalue weighted by Gasteiger charge is -2.39. The molecule has 1 heterocycles. The molecule has 0 unspecified atom stereocenters. The minimum Gasteiger partial charge on any atom is -0.497 e. The molecule has 2 N–H and O–H groups in total. The van der Waals surface area contributed by atoms with Crippen molar-refractivity contribution < 1.29 is 23.1 Å². The molecule has 49 heavy (non-hydrogen) atoms. The fourth-order valence-corrected chi connectivity index (χ4v) is 5.50. The van der Waals surface area contributed by atoms with Crippen LogP contribution >= 0.6 is 0 Å². The Labute approximate surface area is 291 Å². The average molecular weight is 675 g/mol. The van der Waals surface area contributed by atoms with Crippen LogP contribution in [0.25, 0.3) is 0 Å². The Kier molecular flexibility index (Phi) is 19.1. The van der Waals surface area contributed by atoms with E-state index in [-0.39, 0.29) is 5.54 Å². The SMILES string of the molecule is CN(C)Cc1ccccc1.COc1cccc(C2(NCCCNC=O)CCCCC2)c1.Cc1cc(F)cc(F)c1.Cc1cncc(C=O)c1. The number of halogens is 2. The summed E-state index contributed by atoms with van der Waals surface area (Å²) >= 11 is 0. The van der Waals surface area contributed by atoms with Gasteiger partial charge in [0.1, 0.15) is 17.4 Å². The Morgan fingerprint density at radius 3 is 2.08 bits per heavy atom.